The van der Waals surface area contributed by atoms with Crippen molar-refractivity contribution < 1.29 is 0 Å². The van der Waals surface area contributed by atoms with Crippen LogP contribution in [0, 0.1) is 18.3 Å². The van der Waals surface area contributed by atoms with Gasteiger partial charge in [0.2, 0.25) is 0 Å². The van der Waals surface area contributed by atoms with E-state index >= 15 is 0 Å². The fourth-order valence-electron chi connectivity index (χ4n) is 1.48. The molecule has 0 radical (unpaired) electrons. The Bertz CT molecular complexity index is 509. The summed E-state index contributed by atoms with van der Waals surface area (Å²) in [5.74, 6) is 0. The third-order valence-electron chi connectivity index (χ3n) is 2.19. The van der Waals surface area contributed by atoms with Gasteiger partial charge in [-0.25, -0.2) is 0 Å². The van der Waals surface area contributed by atoms with E-state index in [4.69, 9.17) is 5.26 Å². The van der Waals surface area contributed by atoms with E-state index in [-0.39, 0.29) is 0 Å². The van der Waals surface area contributed by atoms with Crippen molar-refractivity contribution in [3.63, 3.8) is 0 Å². The van der Waals surface area contributed by atoms with Crippen molar-refractivity contribution in [1.82, 2.24) is 4.98 Å². The van der Waals surface area contributed by atoms with Crippen LogP contribution in [0.4, 0.5) is 0 Å². The molecule has 2 nitrogen and oxygen atoms in total. The van der Waals surface area contributed by atoms with Gasteiger partial charge in [0.05, 0.1) is 18.2 Å². The molecule has 1 aromatic carbocycles. The van der Waals surface area contributed by atoms with Gasteiger partial charge in [-0.15, -0.1) is 0 Å². The van der Waals surface area contributed by atoms with Crippen molar-refractivity contribution in [3.8, 4) is 6.07 Å². The molecular weight excluding hydrogens is 172 g/mol. The van der Waals surface area contributed by atoms with E-state index < -0.39 is 0 Å². The van der Waals surface area contributed by atoms with E-state index in [0.29, 0.717) is 6.42 Å². The Morgan fingerprint density at radius 2 is 2.14 bits per heavy atom. The van der Waals surface area contributed by atoms with Crippen molar-refractivity contribution in [2.45, 2.75) is 13.3 Å². The van der Waals surface area contributed by atoms with E-state index in [1.165, 1.54) is 5.56 Å². The van der Waals surface area contributed by atoms with Crippen molar-refractivity contribution in [3.05, 3.63) is 41.7 Å². The molecule has 0 bridgehead atoms. The van der Waals surface area contributed by atoms with Crippen LogP contribution in [0.2, 0.25) is 0 Å². The van der Waals surface area contributed by atoms with E-state index in [0.717, 1.165) is 16.5 Å². The number of nitriles is 1. The van der Waals surface area contributed by atoms with E-state index in [1.54, 1.807) is 0 Å². The summed E-state index contributed by atoms with van der Waals surface area (Å²) in [6.07, 6.45) is 2.20. The average Bonchev–Trinajstić information content (AvgIpc) is 2.17. The highest BCUT2D eigenvalue weighted by Crippen LogP contribution is 2.15. The van der Waals surface area contributed by atoms with Crippen LogP contribution in [0.5, 0.6) is 0 Å². The molecule has 2 heteroatoms. The van der Waals surface area contributed by atoms with Crippen molar-refractivity contribution in [1.29, 1.82) is 5.26 Å². The SMILES string of the molecule is Cc1ccc2cnc(CC#N)cc2c1. The largest absolute Gasteiger partial charge is 0.260 e. The summed E-state index contributed by atoms with van der Waals surface area (Å²) in [4.78, 5) is 4.20. The maximum atomic E-state index is 8.56. The second-order valence-corrected chi connectivity index (χ2v) is 3.36. The van der Waals surface area contributed by atoms with E-state index in [9.17, 15) is 0 Å². The predicted molar refractivity (Wildman–Crippen MR) is 55.8 cm³/mol. The minimum Gasteiger partial charge on any atom is -0.260 e. The molecule has 1 heterocycles. The molecule has 1 aromatic heterocycles. The summed E-state index contributed by atoms with van der Waals surface area (Å²) >= 11 is 0. The smallest absolute Gasteiger partial charge is 0.0774 e. The van der Waals surface area contributed by atoms with Crippen LogP contribution in [-0.4, -0.2) is 4.98 Å². The zero-order chi connectivity index (χ0) is 9.97. The Balaban J connectivity index is 2.59. The molecule has 0 saturated carbocycles. The average molecular weight is 182 g/mol. The fourth-order valence-corrected chi connectivity index (χ4v) is 1.48. The zero-order valence-corrected chi connectivity index (χ0v) is 7.99. The normalized spacial score (nSPS) is 10.0. The quantitative estimate of drug-likeness (QED) is 0.679. The minimum atomic E-state index is 0.379. The molecule has 0 unspecified atom stereocenters. The Morgan fingerprint density at radius 1 is 1.29 bits per heavy atom. The van der Waals surface area contributed by atoms with Crippen molar-refractivity contribution in [2.75, 3.05) is 0 Å². The van der Waals surface area contributed by atoms with Crippen LogP contribution < -0.4 is 0 Å². The predicted octanol–water partition coefficient (Wildman–Crippen LogP) is 2.61. The van der Waals surface area contributed by atoms with Crippen LogP contribution in [-0.2, 0) is 6.42 Å². The molecule has 0 spiro atoms. The number of nitrogens with zero attached hydrogens (tertiary/aromatic N) is 2. The van der Waals surface area contributed by atoms with Crippen LogP contribution in [0.3, 0.4) is 0 Å². The molecule has 0 aliphatic carbocycles. The van der Waals surface area contributed by atoms with Gasteiger partial charge in [0, 0.05) is 11.6 Å². The first-order valence-corrected chi connectivity index (χ1v) is 4.52. The maximum absolute atomic E-state index is 8.56. The molecule has 0 atom stereocenters. The first-order chi connectivity index (χ1) is 6.79. The first kappa shape index (κ1) is 8.71. The Hall–Kier alpha value is -1.88. The number of aryl methyl sites for hydroxylation is 1. The molecule has 0 fully saturated rings. The second kappa shape index (κ2) is 3.47. The zero-order valence-electron chi connectivity index (χ0n) is 7.99. The summed E-state index contributed by atoms with van der Waals surface area (Å²) in [6, 6.07) is 10.3. The lowest BCUT2D eigenvalue weighted by molar-refractivity contribution is 1.13. The molecule has 0 saturated heterocycles. The molecule has 0 N–H and O–H groups in total. The highest BCUT2D eigenvalue weighted by molar-refractivity contribution is 5.82. The number of hydrogen-bond acceptors (Lipinski definition) is 2. The number of hydrogen-bond donors (Lipinski definition) is 0. The topological polar surface area (TPSA) is 36.7 Å². The molecular formula is C12H10N2. The van der Waals surface area contributed by atoms with Gasteiger partial charge >= 0.3 is 0 Å². The second-order valence-electron chi connectivity index (χ2n) is 3.36. The minimum absolute atomic E-state index is 0.379. The molecule has 0 aliphatic heterocycles. The number of aromatic nitrogens is 1. The van der Waals surface area contributed by atoms with Gasteiger partial charge in [0.1, 0.15) is 0 Å². The third kappa shape index (κ3) is 1.57. The lowest BCUT2D eigenvalue weighted by atomic mass is 10.1. The van der Waals surface area contributed by atoms with Crippen molar-refractivity contribution >= 4 is 10.8 Å². The molecule has 0 amide bonds. The van der Waals surface area contributed by atoms with Gasteiger partial charge < -0.3 is 0 Å². The molecule has 2 rings (SSSR count). The van der Waals surface area contributed by atoms with Gasteiger partial charge in [-0.2, -0.15) is 5.26 Å². The molecule has 14 heavy (non-hydrogen) atoms. The van der Waals surface area contributed by atoms with Crippen molar-refractivity contribution in [2.24, 2.45) is 0 Å². The van der Waals surface area contributed by atoms with E-state index in [2.05, 4.69) is 30.1 Å². The van der Waals surface area contributed by atoms with Crippen LogP contribution in [0.15, 0.2) is 30.5 Å². The number of benzene rings is 1. The lowest BCUT2D eigenvalue weighted by Gasteiger charge is -2.00. The van der Waals surface area contributed by atoms with E-state index in [1.807, 2.05) is 18.3 Å². The Kier molecular flexibility index (Phi) is 2.16. The van der Waals surface area contributed by atoms with Gasteiger partial charge in [-0.05, 0) is 18.4 Å². The summed E-state index contributed by atoms with van der Waals surface area (Å²) in [7, 11) is 0. The molecule has 0 aliphatic rings. The highest BCUT2D eigenvalue weighted by atomic mass is 14.7. The number of rotatable bonds is 1. The molecule has 2 aromatic rings. The Labute approximate surface area is 82.8 Å². The monoisotopic (exact) mass is 182 g/mol. The maximum Gasteiger partial charge on any atom is 0.0774 e. The molecule has 68 valence electrons. The Morgan fingerprint density at radius 3 is 2.93 bits per heavy atom. The van der Waals surface area contributed by atoms with Gasteiger partial charge in [-0.1, -0.05) is 23.8 Å². The van der Waals surface area contributed by atoms with Crippen LogP contribution in [0.25, 0.3) is 10.8 Å². The number of fused-ring (bicyclic) bond motifs is 1. The van der Waals surface area contributed by atoms with Gasteiger partial charge in [0.15, 0.2) is 0 Å². The standard InChI is InChI=1S/C12H10N2/c1-9-2-3-10-8-14-12(4-5-13)7-11(10)6-9/h2-3,6-8H,4H2,1H3. The number of pyridine rings is 1. The highest BCUT2D eigenvalue weighted by Gasteiger charge is 1.97. The summed E-state index contributed by atoms with van der Waals surface area (Å²) < 4.78 is 0. The fraction of sp³-hybridized carbons (Fsp3) is 0.167. The van der Waals surface area contributed by atoms with Crippen LogP contribution >= 0.6 is 0 Å². The van der Waals surface area contributed by atoms with Gasteiger partial charge in [0.25, 0.3) is 0 Å². The summed E-state index contributed by atoms with van der Waals surface area (Å²) in [6.45, 7) is 2.06. The summed E-state index contributed by atoms with van der Waals surface area (Å²) in [5, 5.41) is 10.8. The first-order valence-electron chi connectivity index (χ1n) is 4.52. The third-order valence-corrected chi connectivity index (χ3v) is 2.19. The van der Waals surface area contributed by atoms with Gasteiger partial charge in [-0.3, -0.25) is 4.98 Å². The summed E-state index contributed by atoms with van der Waals surface area (Å²) in [5.41, 5.74) is 2.07. The van der Waals surface area contributed by atoms with Crippen LogP contribution in [0.1, 0.15) is 11.3 Å². The lowest BCUT2D eigenvalue weighted by Crippen LogP contribution is -1.87.